The van der Waals surface area contributed by atoms with Crippen molar-refractivity contribution in [2.24, 2.45) is 0 Å². The molecule has 0 aliphatic heterocycles. The van der Waals surface area contributed by atoms with Crippen LogP contribution >= 0.6 is 58.0 Å². The third kappa shape index (κ3) is 4.70. The normalized spacial score (nSPS) is 13.3. The van der Waals surface area contributed by atoms with Crippen molar-refractivity contribution in [1.82, 2.24) is 0 Å². The molecule has 0 spiro atoms. The van der Waals surface area contributed by atoms with Crippen molar-refractivity contribution in [3.8, 4) is 11.5 Å². The smallest absolute Gasteiger partial charge is 0.453 e. The summed E-state index contributed by atoms with van der Waals surface area (Å²) in [6.45, 7) is 0. The molecular formula is C14H3Cl5F6O5S2. The Morgan fingerprint density at radius 3 is 1.47 bits per heavy atom. The maximum atomic E-state index is 13.1. The number of ether oxygens (including phenoxy) is 1. The number of alkyl halides is 6. The van der Waals surface area contributed by atoms with Crippen LogP contribution in [0.1, 0.15) is 0 Å². The highest BCUT2D eigenvalue weighted by atomic mass is 35.5. The van der Waals surface area contributed by atoms with Crippen molar-refractivity contribution in [3.63, 3.8) is 0 Å². The fourth-order valence-electron chi connectivity index (χ4n) is 1.99. The third-order valence-electron chi connectivity index (χ3n) is 3.51. The van der Waals surface area contributed by atoms with Crippen LogP contribution in [0.5, 0.6) is 11.5 Å². The second kappa shape index (κ2) is 8.75. The Kier molecular flexibility index (Phi) is 7.49. The minimum Gasteiger partial charge on any atom is -0.453 e. The van der Waals surface area contributed by atoms with E-state index in [1.165, 1.54) is 0 Å². The van der Waals surface area contributed by atoms with E-state index < -0.39 is 77.1 Å². The van der Waals surface area contributed by atoms with Crippen molar-refractivity contribution >= 4 is 77.7 Å². The van der Waals surface area contributed by atoms with E-state index in [9.17, 15) is 43.2 Å². The Labute approximate surface area is 200 Å². The molecule has 0 saturated carbocycles. The van der Waals surface area contributed by atoms with Gasteiger partial charge in [0, 0.05) is 0 Å². The number of hydrogen-bond donors (Lipinski definition) is 0. The Bertz CT molecular complexity index is 1280. The van der Waals surface area contributed by atoms with E-state index in [1.54, 1.807) is 0 Å². The van der Waals surface area contributed by atoms with Crippen LogP contribution in [0.3, 0.4) is 0 Å². The molecule has 0 aliphatic carbocycles. The molecule has 0 fully saturated rings. The molecule has 0 unspecified atom stereocenters. The van der Waals surface area contributed by atoms with E-state index in [1.807, 2.05) is 0 Å². The highest BCUT2D eigenvalue weighted by molar-refractivity contribution is 7.93. The molecule has 18 heteroatoms. The van der Waals surface area contributed by atoms with Crippen LogP contribution in [-0.2, 0) is 19.7 Å². The summed E-state index contributed by atoms with van der Waals surface area (Å²) in [6, 6.07) is 0.0107. The van der Waals surface area contributed by atoms with E-state index in [0.717, 1.165) is 0 Å². The lowest BCUT2D eigenvalue weighted by Crippen LogP contribution is -2.26. The van der Waals surface area contributed by atoms with Crippen LogP contribution in [0.2, 0.25) is 25.1 Å². The zero-order chi connectivity index (χ0) is 25.0. The predicted molar refractivity (Wildman–Crippen MR) is 104 cm³/mol. The van der Waals surface area contributed by atoms with E-state index in [-0.39, 0.29) is 18.2 Å². The summed E-state index contributed by atoms with van der Waals surface area (Å²) in [4.78, 5) is -3.78. The SMILES string of the molecule is O=S(=O)(c1ccc(Oc2c(Cl)c(Cl)c(Cl)c(Cl)c2Cl)c(S(=O)(=O)C(F)(F)F)c1)C(F)(F)F. The van der Waals surface area contributed by atoms with Gasteiger partial charge >= 0.3 is 11.0 Å². The maximum absolute atomic E-state index is 13.1. The van der Waals surface area contributed by atoms with Gasteiger partial charge in [-0.2, -0.15) is 26.3 Å². The Hall–Kier alpha value is -0.830. The van der Waals surface area contributed by atoms with Gasteiger partial charge in [-0.1, -0.05) is 58.0 Å². The maximum Gasteiger partial charge on any atom is 0.502 e. The monoisotopic (exact) mass is 604 g/mol. The van der Waals surface area contributed by atoms with Crippen LogP contribution in [0.15, 0.2) is 28.0 Å². The Morgan fingerprint density at radius 2 is 1.06 bits per heavy atom. The van der Waals surface area contributed by atoms with Gasteiger partial charge in [-0.25, -0.2) is 16.8 Å². The zero-order valence-electron chi connectivity index (χ0n) is 14.2. The Morgan fingerprint density at radius 1 is 0.656 bits per heavy atom. The molecule has 0 radical (unpaired) electrons. The second-order valence-electron chi connectivity index (χ2n) is 5.51. The minimum absolute atomic E-state index is 0.161. The fourth-order valence-corrected chi connectivity index (χ4v) is 4.96. The molecule has 0 bridgehead atoms. The summed E-state index contributed by atoms with van der Waals surface area (Å²) < 4.78 is 130. The molecule has 2 aromatic rings. The number of sulfone groups is 2. The quantitative estimate of drug-likeness (QED) is 0.207. The first-order valence-electron chi connectivity index (χ1n) is 7.21. The molecule has 0 aliphatic rings. The lowest BCUT2D eigenvalue weighted by Gasteiger charge is -2.18. The minimum atomic E-state index is -6.44. The van der Waals surface area contributed by atoms with Gasteiger partial charge in [-0.15, -0.1) is 0 Å². The van der Waals surface area contributed by atoms with Crippen molar-refractivity contribution in [2.45, 2.75) is 20.8 Å². The number of halogens is 11. The summed E-state index contributed by atoms with van der Waals surface area (Å²) in [5, 5.41) is -2.70. The standard InChI is InChI=1S/C14H3Cl5F6O5S2/c15-7-8(16)10(18)12(11(19)9(7)17)30-5-2-1-4(31(26,27)13(20,21)22)3-6(5)32(28,29)14(23,24)25/h1-3H. The highest BCUT2D eigenvalue weighted by Gasteiger charge is 2.51. The van der Waals surface area contributed by atoms with Crippen molar-refractivity contribution in [1.29, 1.82) is 0 Å². The first kappa shape index (κ1) is 27.4. The third-order valence-corrected chi connectivity index (χ3v) is 8.74. The lowest BCUT2D eigenvalue weighted by molar-refractivity contribution is -0.0439. The zero-order valence-corrected chi connectivity index (χ0v) is 19.7. The van der Waals surface area contributed by atoms with Crippen LogP contribution in [0.25, 0.3) is 0 Å². The molecular weight excluding hydrogens is 604 g/mol. The van der Waals surface area contributed by atoms with Gasteiger partial charge in [-0.05, 0) is 18.2 Å². The van der Waals surface area contributed by atoms with Gasteiger partial charge in [0.15, 0.2) is 5.75 Å². The van der Waals surface area contributed by atoms with E-state index in [2.05, 4.69) is 0 Å². The molecule has 5 nitrogen and oxygen atoms in total. The second-order valence-corrected chi connectivity index (χ2v) is 11.2. The average molecular weight is 607 g/mol. The molecule has 0 N–H and O–H groups in total. The molecule has 0 amide bonds. The summed E-state index contributed by atoms with van der Waals surface area (Å²) in [5.74, 6) is -2.10. The molecule has 178 valence electrons. The summed E-state index contributed by atoms with van der Waals surface area (Å²) in [5.41, 5.74) is -12.0. The fraction of sp³-hybridized carbons (Fsp3) is 0.143. The van der Waals surface area contributed by atoms with Gasteiger partial charge < -0.3 is 4.74 Å². The molecule has 2 aromatic carbocycles. The predicted octanol–water partition coefficient (Wildman–Crippen LogP) is 7.33. The van der Waals surface area contributed by atoms with E-state index in [4.69, 9.17) is 62.7 Å². The molecule has 32 heavy (non-hydrogen) atoms. The van der Waals surface area contributed by atoms with Crippen molar-refractivity contribution in [2.75, 3.05) is 0 Å². The summed E-state index contributed by atoms with van der Waals surface area (Å²) >= 11 is 29.0. The van der Waals surface area contributed by atoms with Gasteiger partial charge in [0.05, 0.1) is 20.0 Å². The van der Waals surface area contributed by atoms with E-state index in [0.29, 0.717) is 0 Å². The molecule has 0 atom stereocenters. The van der Waals surface area contributed by atoms with Crippen molar-refractivity contribution < 1.29 is 47.9 Å². The van der Waals surface area contributed by atoms with Crippen LogP contribution in [0.4, 0.5) is 26.3 Å². The van der Waals surface area contributed by atoms with Gasteiger partial charge in [-0.3, -0.25) is 0 Å². The number of rotatable bonds is 4. The van der Waals surface area contributed by atoms with Gasteiger partial charge in [0.1, 0.15) is 20.7 Å². The number of benzene rings is 2. The van der Waals surface area contributed by atoms with Crippen LogP contribution in [0, 0.1) is 0 Å². The summed E-state index contributed by atoms with van der Waals surface area (Å²) in [6.07, 6.45) is 0. The highest BCUT2D eigenvalue weighted by Crippen LogP contribution is 2.50. The van der Waals surface area contributed by atoms with Crippen molar-refractivity contribution in [3.05, 3.63) is 43.3 Å². The summed E-state index contributed by atoms with van der Waals surface area (Å²) in [7, 11) is -12.7. The van der Waals surface area contributed by atoms with Gasteiger partial charge in [0.2, 0.25) is 0 Å². The molecule has 0 saturated heterocycles. The molecule has 0 aromatic heterocycles. The van der Waals surface area contributed by atoms with Gasteiger partial charge in [0.25, 0.3) is 19.7 Å². The molecule has 0 heterocycles. The Balaban J connectivity index is 2.87. The first-order valence-corrected chi connectivity index (χ1v) is 12.1. The average Bonchev–Trinajstić information content (AvgIpc) is 2.66. The van der Waals surface area contributed by atoms with E-state index >= 15 is 0 Å². The lowest BCUT2D eigenvalue weighted by atomic mass is 10.3. The van der Waals surface area contributed by atoms with Crippen LogP contribution in [-0.4, -0.2) is 27.9 Å². The first-order chi connectivity index (χ1) is 14.2. The largest absolute Gasteiger partial charge is 0.502 e. The molecule has 2 rings (SSSR count). The van der Waals surface area contributed by atoms with Crippen LogP contribution < -0.4 is 4.74 Å². The topological polar surface area (TPSA) is 77.5 Å². The number of hydrogen-bond acceptors (Lipinski definition) is 5.